The number of pyridine rings is 2. The maximum Gasteiger partial charge on any atom is 1.00 e. The molecule has 1 unspecified atom stereocenters. The van der Waals surface area contributed by atoms with Crippen molar-refractivity contribution in [3.05, 3.63) is 126 Å². The van der Waals surface area contributed by atoms with Crippen LogP contribution in [0.2, 0.25) is 10.0 Å². The second-order valence-corrected chi connectivity index (χ2v) is 10.6. The van der Waals surface area contributed by atoms with Gasteiger partial charge in [-0.05, 0) is 77.2 Å². The number of rotatable bonds is 0. The van der Waals surface area contributed by atoms with Crippen molar-refractivity contribution in [1.29, 1.82) is 0 Å². The topological polar surface area (TPSA) is 63.1 Å². The molecule has 3 radical (unpaired) electrons. The van der Waals surface area contributed by atoms with Gasteiger partial charge in [0, 0.05) is 56.1 Å². The molecule has 1 aliphatic rings. The second kappa shape index (κ2) is 13.2. The Labute approximate surface area is 271 Å². The van der Waals surface area contributed by atoms with Crippen molar-refractivity contribution in [2.75, 3.05) is 0 Å². The number of benzene rings is 2. The van der Waals surface area contributed by atoms with E-state index in [2.05, 4.69) is 41.8 Å². The molecular formula is C28H17BBr2Cl2N2NaO2. The Kier molecular flexibility index (Phi) is 10.8. The minimum absolute atomic E-state index is 0. The molecule has 5 aromatic rings. The third kappa shape index (κ3) is 6.27. The van der Waals surface area contributed by atoms with Crippen LogP contribution in [0.15, 0.2) is 88.4 Å². The Morgan fingerprint density at radius 2 is 1.55 bits per heavy atom. The van der Waals surface area contributed by atoms with Crippen molar-refractivity contribution in [2.24, 2.45) is 0 Å². The van der Waals surface area contributed by atoms with Crippen molar-refractivity contribution in [3.8, 4) is 0 Å². The summed E-state index contributed by atoms with van der Waals surface area (Å²) < 4.78 is 1.73. The zero-order valence-corrected chi connectivity index (χ0v) is 26.7. The summed E-state index contributed by atoms with van der Waals surface area (Å²) in [5.41, 5.74) is 3.65. The first kappa shape index (κ1) is 31.0. The summed E-state index contributed by atoms with van der Waals surface area (Å²) in [4.78, 5) is 20.9. The van der Waals surface area contributed by atoms with Crippen LogP contribution in [-0.4, -0.2) is 23.5 Å². The normalized spacial score (nSPS) is 13.5. The molecular weight excluding hydrogens is 661 g/mol. The van der Waals surface area contributed by atoms with E-state index in [1.54, 1.807) is 36.7 Å². The summed E-state index contributed by atoms with van der Waals surface area (Å²) in [5, 5.41) is 13.9. The molecule has 6 rings (SSSR count). The van der Waals surface area contributed by atoms with Crippen LogP contribution in [0.5, 0.6) is 0 Å². The van der Waals surface area contributed by atoms with E-state index < -0.39 is 6.10 Å². The van der Waals surface area contributed by atoms with E-state index in [9.17, 15) is 9.90 Å². The number of nitrogens with zero attached hydrogens (tertiary/aromatic N) is 2. The molecule has 0 aliphatic heterocycles. The van der Waals surface area contributed by atoms with Crippen LogP contribution in [0.3, 0.4) is 0 Å². The Bertz CT molecular complexity index is 1760. The van der Waals surface area contributed by atoms with Gasteiger partial charge in [-0.2, -0.15) is 0 Å². The molecule has 183 valence electrons. The van der Waals surface area contributed by atoms with Gasteiger partial charge in [-0.25, -0.2) is 0 Å². The molecule has 0 saturated carbocycles. The van der Waals surface area contributed by atoms with Crippen molar-refractivity contribution in [2.45, 2.75) is 6.10 Å². The van der Waals surface area contributed by atoms with Crippen LogP contribution in [0.25, 0.3) is 32.2 Å². The minimum atomic E-state index is -0.736. The smallest absolute Gasteiger partial charge is 1.00 e. The van der Waals surface area contributed by atoms with Gasteiger partial charge in [0.2, 0.25) is 5.43 Å². The van der Waals surface area contributed by atoms with E-state index in [1.807, 2.05) is 48.5 Å². The summed E-state index contributed by atoms with van der Waals surface area (Å²) >= 11 is 19.0. The Morgan fingerprint density at radius 3 is 2.34 bits per heavy atom. The van der Waals surface area contributed by atoms with Crippen molar-refractivity contribution >= 4 is 95.7 Å². The van der Waals surface area contributed by atoms with Crippen LogP contribution in [0.1, 0.15) is 29.9 Å². The maximum atomic E-state index is 12.4. The zero-order valence-electron chi connectivity index (χ0n) is 21.0. The molecule has 0 spiro atoms. The molecule has 10 heteroatoms. The molecule has 1 atom stereocenters. The quantitative estimate of drug-likeness (QED) is 0.237. The zero-order chi connectivity index (χ0) is 25.4. The van der Waals surface area contributed by atoms with E-state index in [1.165, 1.54) is 0 Å². The van der Waals surface area contributed by atoms with Gasteiger partial charge in [0.15, 0.2) is 0 Å². The largest absolute Gasteiger partial charge is 1.00 e. The summed E-state index contributed by atoms with van der Waals surface area (Å²) in [6, 6.07) is 20.0. The Balaban J connectivity index is 0.000000254. The van der Waals surface area contributed by atoms with Gasteiger partial charge < -0.3 is 6.53 Å². The number of hydrogen-bond acceptors (Lipinski definition) is 4. The molecule has 2 aromatic heterocycles. The van der Waals surface area contributed by atoms with E-state index in [-0.39, 0.29) is 44.8 Å². The second-order valence-electron chi connectivity index (χ2n) is 8.06. The third-order valence-electron chi connectivity index (χ3n) is 5.80. The van der Waals surface area contributed by atoms with Gasteiger partial charge in [0.05, 0.1) is 5.69 Å². The average molecular weight is 678 g/mol. The summed E-state index contributed by atoms with van der Waals surface area (Å²) in [6.45, 7) is 0. The van der Waals surface area contributed by atoms with Crippen LogP contribution in [-0.2, 0) is 0 Å². The fourth-order valence-electron chi connectivity index (χ4n) is 4.10. The molecule has 1 aliphatic carbocycles. The van der Waals surface area contributed by atoms with Crippen LogP contribution in [0, 0.1) is 0 Å². The van der Waals surface area contributed by atoms with E-state index >= 15 is 0 Å². The number of aliphatic hydroxyl groups is 1. The first-order valence-corrected chi connectivity index (χ1v) is 13.1. The Morgan fingerprint density at radius 1 is 0.868 bits per heavy atom. The Hall–Kier alpha value is -1.55. The summed E-state index contributed by atoms with van der Waals surface area (Å²) in [6.07, 6.45) is 4.53. The number of aliphatic hydroxyl groups excluding tert-OH is 1. The van der Waals surface area contributed by atoms with Gasteiger partial charge in [0.25, 0.3) is 0 Å². The summed E-state index contributed by atoms with van der Waals surface area (Å²) in [5.74, 6) is 0. The predicted octanol–water partition coefficient (Wildman–Crippen LogP) is 4.92. The first-order chi connectivity index (χ1) is 17.3. The molecule has 0 saturated heterocycles. The fraction of sp³-hybridized carbons (Fsp3) is 0.0357. The molecule has 3 aromatic carbocycles. The molecule has 0 fully saturated rings. The van der Waals surface area contributed by atoms with Crippen molar-refractivity contribution in [3.63, 3.8) is 0 Å². The molecule has 4 nitrogen and oxygen atoms in total. The van der Waals surface area contributed by atoms with Crippen molar-refractivity contribution < 1.29 is 36.1 Å². The van der Waals surface area contributed by atoms with Gasteiger partial charge in [-0.3, -0.25) is 14.8 Å². The van der Waals surface area contributed by atoms with E-state index in [0.29, 0.717) is 26.6 Å². The van der Waals surface area contributed by atoms with E-state index in [4.69, 9.17) is 23.2 Å². The first-order valence-electron chi connectivity index (χ1n) is 10.8. The van der Waals surface area contributed by atoms with Crippen LogP contribution < -0.4 is 35.0 Å². The third-order valence-corrected chi connectivity index (χ3v) is 7.58. The van der Waals surface area contributed by atoms with E-state index in [0.717, 1.165) is 36.4 Å². The monoisotopic (exact) mass is 675 g/mol. The summed E-state index contributed by atoms with van der Waals surface area (Å²) in [7, 11) is 0. The molecule has 0 amide bonds. The molecule has 2 heterocycles. The standard InChI is InChI=1S/C14H9BrClNO.C14H7BrClNO.B.Na.H/c2*15-12-7-8-6-9(16)3-4-10(8)14(18)13-11(12)2-1-5-17-13;;;/h1-7,14,18H;1-7H;;;/q;;;+1;-1. The van der Waals surface area contributed by atoms with Crippen molar-refractivity contribution in [1.82, 2.24) is 9.97 Å². The van der Waals surface area contributed by atoms with Gasteiger partial charge >= 0.3 is 29.6 Å². The number of fused-ring (bicyclic) bond motifs is 4. The van der Waals surface area contributed by atoms with Gasteiger partial charge in [-0.15, -0.1) is 0 Å². The van der Waals surface area contributed by atoms with Crippen LogP contribution >= 0.6 is 55.1 Å². The number of hydrogen-bond donors (Lipinski definition) is 1. The van der Waals surface area contributed by atoms with Gasteiger partial charge in [-0.1, -0.05) is 67.2 Å². The average Bonchev–Trinajstić information content (AvgIpc) is 3.05. The van der Waals surface area contributed by atoms with Gasteiger partial charge in [0.1, 0.15) is 11.6 Å². The molecule has 1 N–H and O–H groups in total. The predicted molar refractivity (Wildman–Crippen MR) is 162 cm³/mol. The maximum absolute atomic E-state index is 12.4. The number of halogens is 4. The van der Waals surface area contributed by atoms with Crippen LogP contribution in [0.4, 0.5) is 0 Å². The minimum Gasteiger partial charge on any atom is -1.00 e. The molecule has 38 heavy (non-hydrogen) atoms. The fourth-order valence-corrected chi connectivity index (χ4v) is 5.61. The number of aromatic nitrogens is 2. The SMILES string of the molecule is O=c1c2ccc(Cl)cc2cc(Br)c2cccnc12.OC1c2ccc(Cl)cc2C=C(Br)c2cccnc21.[B].[H-].[Na+]. The molecule has 0 bridgehead atoms.